The van der Waals surface area contributed by atoms with Crippen LogP contribution in [0.1, 0.15) is 253 Å². The minimum absolute atomic E-state index is 0.0557. The maximum absolute atomic E-state index is 13.4. The number of rotatable bonds is 47. The summed E-state index contributed by atoms with van der Waals surface area (Å²) >= 11 is 0. The molecule has 10 nitrogen and oxygen atoms in total. The molecule has 2 unspecified atom stereocenters. The zero-order valence-corrected chi connectivity index (χ0v) is 42.3. The van der Waals surface area contributed by atoms with E-state index in [0.29, 0.717) is 32.3 Å². The molecule has 0 aliphatic heterocycles. The SMILES string of the molecule is CCCCCCCC/C=C\CCCCCCCC(=O)NCC(NC(=O)CCCCCCC/C=C\CCCCCCCCC)C(=O)CCCOC(C)(C)OCCCC(=O)C(C)NC(C)=O. The lowest BCUT2D eigenvalue weighted by Crippen LogP contribution is -2.48. The number of carbonyl (C=O) groups excluding carboxylic acids is 5. The van der Waals surface area contributed by atoms with Crippen LogP contribution in [0, 0.1) is 0 Å². The Morgan fingerprint density at radius 1 is 0.469 bits per heavy atom. The molecule has 0 aromatic heterocycles. The molecule has 0 heterocycles. The van der Waals surface area contributed by atoms with Gasteiger partial charge in [0.25, 0.3) is 0 Å². The topological polar surface area (TPSA) is 140 Å². The Bertz CT molecular complexity index is 1230. The summed E-state index contributed by atoms with van der Waals surface area (Å²) in [6, 6.07) is -1.32. The van der Waals surface area contributed by atoms with Gasteiger partial charge in [0, 0.05) is 39.2 Å². The molecule has 0 spiro atoms. The summed E-state index contributed by atoms with van der Waals surface area (Å²) in [7, 11) is 0. The standard InChI is InChI=1S/C54H99N3O7/c1-7-9-11-13-15-17-19-21-23-25-27-29-31-33-35-37-43-53(62)57-49(46-55-52(61)42-36-34-32-30-28-26-24-22-20-18-16-14-12-10-8-2)51(60)41-39-45-64-54(5,6)63-44-38-40-50(59)47(3)56-48(4)58/h22-25,47,49H,7-21,26-46H2,1-6H3,(H,55,61)(H,56,58)(H,57,62)/b24-22-,25-23-. The van der Waals surface area contributed by atoms with Crippen molar-refractivity contribution < 1.29 is 33.4 Å². The molecule has 0 rings (SSSR count). The summed E-state index contributed by atoms with van der Waals surface area (Å²) in [4.78, 5) is 62.7. The van der Waals surface area contributed by atoms with Gasteiger partial charge >= 0.3 is 0 Å². The van der Waals surface area contributed by atoms with E-state index in [-0.39, 0.29) is 55.3 Å². The fourth-order valence-electron chi connectivity index (χ4n) is 7.65. The fraction of sp³-hybridized carbons (Fsp3) is 0.833. The van der Waals surface area contributed by atoms with Crippen LogP contribution in [0.5, 0.6) is 0 Å². The van der Waals surface area contributed by atoms with Crippen LogP contribution >= 0.6 is 0 Å². The summed E-state index contributed by atoms with van der Waals surface area (Å²) in [5, 5.41) is 8.46. The van der Waals surface area contributed by atoms with Gasteiger partial charge in [-0.3, -0.25) is 24.0 Å². The Kier molecular flexibility index (Phi) is 42.1. The molecule has 372 valence electrons. The molecule has 0 aromatic carbocycles. The number of ketones is 2. The van der Waals surface area contributed by atoms with E-state index in [1.807, 2.05) is 0 Å². The highest BCUT2D eigenvalue weighted by Gasteiger charge is 2.23. The minimum Gasteiger partial charge on any atom is -0.354 e. The molecule has 64 heavy (non-hydrogen) atoms. The van der Waals surface area contributed by atoms with Gasteiger partial charge in [-0.25, -0.2) is 0 Å². The van der Waals surface area contributed by atoms with E-state index in [2.05, 4.69) is 54.1 Å². The van der Waals surface area contributed by atoms with E-state index in [4.69, 9.17) is 9.47 Å². The number of hydrogen-bond acceptors (Lipinski definition) is 7. The molecule has 0 aliphatic rings. The number of unbranched alkanes of at least 4 members (excludes halogenated alkanes) is 23. The molecule has 10 heteroatoms. The zero-order chi connectivity index (χ0) is 47.4. The smallest absolute Gasteiger partial charge is 0.220 e. The first-order chi connectivity index (χ1) is 30.9. The van der Waals surface area contributed by atoms with Crippen LogP contribution in [0.3, 0.4) is 0 Å². The Morgan fingerprint density at radius 3 is 1.27 bits per heavy atom. The third-order valence-electron chi connectivity index (χ3n) is 11.7. The van der Waals surface area contributed by atoms with Gasteiger partial charge < -0.3 is 25.4 Å². The summed E-state index contributed by atoms with van der Waals surface area (Å²) in [5.41, 5.74) is 0. The molecule has 0 fully saturated rings. The molecule has 0 bridgehead atoms. The monoisotopic (exact) mass is 902 g/mol. The van der Waals surface area contributed by atoms with Crippen molar-refractivity contribution in [2.45, 2.75) is 271 Å². The zero-order valence-electron chi connectivity index (χ0n) is 42.3. The first-order valence-corrected chi connectivity index (χ1v) is 26.4. The summed E-state index contributed by atoms with van der Waals surface area (Å²) in [6.45, 7) is 11.8. The van der Waals surface area contributed by atoms with E-state index >= 15 is 0 Å². The lowest BCUT2D eigenvalue weighted by atomic mass is 10.1. The maximum atomic E-state index is 13.4. The predicted octanol–water partition coefficient (Wildman–Crippen LogP) is 13.0. The highest BCUT2D eigenvalue weighted by atomic mass is 16.7. The Hall–Kier alpha value is -2.85. The van der Waals surface area contributed by atoms with Crippen LogP contribution in [0.15, 0.2) is 24.3 Å². The quantitative estimate of drug-likeness (QED) is 0.0314. The normalized spacial score (nSPS) is 12.8. The van der Waals surface area contributed by atoms with E-state index < -0.39 is 17.9 Å². The van der Waals surface area contributed by atoms with Crippen LogP contribution < -0.4 is 16.0 Å². The van der Waals surface area contributed by atoms with Gasteiger partial charge in [0.05, 0.1) is 19.3 Å². The summed E-state index contributed by atoms with van der Waals surface area (Å²) < 4.78 is 11.8. The number of ether oxygens (including phenoxy) is 2. The fourth-order valence-corrected chi connectivity index (χ4v) is 7.65. The van der Waals surface area contributed by atoms with Gasteiger partial charge in [-0.2, -0.15) is 0 Å². The van der Waals surface area contributed by atoms with Crippen molar-refractivity contribution >= 4 is 29.3 Å². The molecular formula is C54H99N3O7. The molecule has 2 atom stereocenters. The first kappa shape index (κ1) is 61.1. The van der Waals surface area contributed by atoms with Crippen molar-refractivity contribution in [1.82, 2.24) is 16.0 Å². The largest absolute Gasteiger partial charge is 0.354 e. The van der Waals surface area contributed by atoms with Gasteiger partial charge in [-0.1, -0.05) is 147 Å². The van der Waals surface area contributed by atoms with E-state index in [1.54, 1.807) is 20.8 Å². The Morgan fingerprint density at radius 2 is 0.844 bits per heavy atom. The molecule has 3 amide bonds. The number of nitrogens with one attached hydrogen (secondary N) is 3. The molecule has 0 aliphatic carbocycles. The molecule has 3 N–H and O–H groups in total. The lowest BCUT2D eigenvalue weighted by molar-refractivity contribution is -0.214. The Labute approximate surface area is 392 Å². The number of hydrogen-bond donors (Lipinski definition) is 3. The molecule has 0 radical (unpaired) electrons. The van der Waals surface area contributed by atoms with Crippen LogP contribution in [0.25, 0.3) is 0 Å². The molecular weight excluding hydrogens is 803 g/mol. The van der Waals surface area contributed by atoms with Crippen LogP contribution in [-0.4, -0.2) is 66.9 Å². The third kappa shape index (κ3) is 41.8. The van der Waals surface area contributed by atoms with Crippen molar-refractivity contribution in [1.29, 1.82) is 0 Å². The predicted molar refractivity (Wildman–Crippen MR) is 266 cm³/mol. The van der Waals surface area contributed by atoms with E-state index in [1.165, 1.54) is 116 Å². The second kappa shape index (κ2) is 44.0. The van der Waals surface area contributed by atoms with E-state index in [9.17, 15) is 24.0 Å². The van der Waals surface area contributed by atoms with Crippen molar-refractivity contribution in [3.05, 3.63) is 24.3 Å². The molecule has 0 saturated heterocycles. The first-order valence-electron chi connectivity index (χ1n) is 26.4. The highest BCUT2D eigenvalue weighted by molar-refractivity contribution is 5.90. The number of amides is 3. The average Bonchev–Trinajstić information content (AvgIpc) is 3.26. The summed E-state index contributed by atoms with van der Waals surface area (Å²) in [5.74, 6) is -1.59. The van der Waals surface area contributed by atoms with Gasteiger partial charge in [0.2, 0.25) is 17.7 Å². The highest BCUT2D eigenvalue weighted by Crippen LogP contribution is 2.15. The number of allylic oxidation sites excluding steroid dienone is 4. The molecule has 0 aromatic rings. The average molecular weight is 902 g/mol. The lowest BCUT2D eigenvalue weighted by Gasteiger charge is -2.26. The van der Waals surface area contributed by atoms with Crippen molar-refractivity contribution in [3.63, 3.8) is 0 Å². The number of Topliss-reactive ketones (excluding diaryl/α,β-unsaturated/α-hetero) is 2. The number of carbonyl (C=O) groups is 5. The maximum Gasteiger partial charge on any atom is 0.220 e. The van der Waals surface area contributed by atoms with Gasteiger partial charge in [-0.15, -0.1) is 0 Å². The van der Waals surface area contributed by atoms with Crippen LogP contribution in [0.2, 0.25) is 0 Å². The molecule has 0 saturated carbocycles. The summed E-state index contributed by atoms with van der Waals surface area (Å²) in [6.07, 6.45) is 43.9. The van der Waals surface area contributed by atoms with Crippen LogP contribution in [0.4, 0.5) is 0 Å². The third-order valence-corrected chi connectivity index (χ3v) is 11.7. The minimum atomic E-state index is -0.912. The van der Waals surface area contributed by atoms with Gasteiger partial charge in [0.1, 0.15) is 6.04 Å². The van der Waals surface area contributed by atoms with E-state index in [0.717, 1.165) is 64.2 Å². The second-order valence-corrected chi connectivity index (χ2v) is 18.6. The van der Waals surface area contributed by atoms with Crippen molar-refractivity contribution in [2.75, 3.05) is 19.8 Å². The second-order valence-electron chi connectivity index (χ2n) is 18.6. The van der Waals surface area contributed by atoms with Crippen LogP contribution in [-0.2, 0) is 33.4 Å². The van der Waals surface area contributed by atoms with Gasteiger partial charge in [0.15, 0.2) is 17.4 Å². The Balaban J connectivity index is 4.65. The van der Waals surface area contributed by atoms with Crippen molar-refractivity contribution in [3.8, 4) is 0 Å². The van der Waals surface area contributed by atoms with Gasteiger partial charge in [-0.05, 0) is 97.8 Å². The van der Waals surface area contributed by atoms with Crippen molar-refractivity contribution in [2.24, 2.45) is 0 Å².